The van der Waals surface area contributed by atoms with Crippen LogP contribution in [0.4, 0.5) is 22.4 Å². The zero-order chi connectivity index (χ0) is 37.4. The molecule has 8 nitrogen and oxygen atoms in total. The van der Waals surface area contributed by atoms with E-state index in [0.717, 1.165) is 4.09 Å². The zero-order valence-corrected chi connectivity index (χ0v) is 30.0. The van der Waals surface area contributed by atoms with Crippen molar-refractivity contribution in [1.29, 1.82) is 0 Å². The van der Waals surface area contributed by atoms with Gasteiger partial charge in [0.05, 0.1) is 41.0 Å². The predicted octanol–water partition coefficient (Wildman–Crippen LogP) is 8.81. The van der Waals surface area contributed by atoms with Crippen LogP contribution in [0.3, 0.4) is 0 Å². The van der Waals surface area contributed by atoms with E-state index < -0.39 is 52.4 Å². The standard InChI is InChI=1S/C39H38F4N4O4S/c1-25-11-8-9-14-28(25)37-36(43)35-29-23-44-47(52(49,50)27-12-6-5-7-13-27)33(29)15-16-34(35)46(37)24-30-31(41)21-26(22-32(30)42)17-20-45(19-10-18-40)38(48)51-39(2,3)4/h5-9,11-16,21-23H,10,17-20,24H2,1-4H3. The van der Waals surface area contributed by atoms with E-state index in [1.165, 1.54) is 52.1 Å². The Kier molecular flexibility index (Phi) is 10.2. The monoisotopic (exact) mass is 734 g/mol. The molecule has 2 heterocycles. The van der Waals surface area contributed by atoms with Gasteiger partial charge in [-0.3, -0.25) is 4.39 Å². The molecule has 0 bridgehead atoms. The predicted molar refractivity (Wildman–Crippen MR) is 192 cm³/mol. The number of carbonyl (C=O) groups excluding carboxylic acids is 1. The molecule has 0 aliphatic carbocycles. The van der Waals surface area contributed by atoms with Gasteiger partial charge in [-0.15, -0.1) is 0 Å². The van der Waals surface area contributed by atoms with Crippen LogP contribution in [0.2, 0.25) is 0 Å². The number of halogens is 4. The number of fused-ring (bicyclic) bond motifs is 3. The van der Waals surface area contributed by atoms with Crippen LogP contribution in [0, 0.1) is 24.4 Å². The average Bonchev–Trinajstić information content (AvgIpc) is 3.65. The van der Waals surface area contributed by atoms with Gasteiger partial charge < -0.3 is 14.2 Å². The summed E-state index contributed by atoms with van der Waals surface area (Å²) in [5, 5.41) is 4.41. The summed E-state index contributed by atoms with van der Waals surface area (Å²) in [7, 11) is -4.13. The van der Waals surface area contributed by atoms with E-state index in [9.17, 15) is 17.6 Å². The molecule has 0 unspecified atom stereocenters. The summed E-state index contributed by atoms with van der Waals surface area (Å²) in [6.45, 7) is 5.99. The van der Waals surface area contributed by atoms with Crippen LogP contribution in [0.1, 0.15) is 43.9 Å². The minimum atomic E-state index is -4.13. The average molecular weight is 735 g/mol. The minimum Gasteiger partial charge on any atom is -0.444 e. The Hall–Kier alpha value is -5.17. The summed E-state index contributed by atoms with van der Waals surface area (Å²) in [5.74, 6) is -2.44. The highest BCUT2D eigenvalue weighted by Gasteiger charge is 2.28. The van der Waals surface area contributed by atoms with Gasteiger partial charge >= 0.3 is 6.09 Å². The molecule has 0 aliphatic heterocycles. The van der Waals surface area contributed by atoms with Gasteiger partial charge in [0.1, 0.15) is 17.2 Å². The number of ether oxygens (including phenoxy) is 1. The molecule has 0 saturated carbocycles. The van der Waals surface area contributed by atoms with E-state index in [1.807, 2.05) is 0 Å². The second-order valence-corrected chi connectivity index (χ2v) is 15.3. The third kappa shape index (κ3) is 7.14. The Labute approximate surface area is 299 Å². The van der Waals surface area contributed by atoms with E-state index in [0.29, 0.717) is 11.1 Å². The maximum Gasteiger partial charge on any atom is 0.410 e. The summed E-state index contributed by atoms with van der Waals surface area (Å²) in [5.41, 5.74) is 0.854. The first kappa shape index (κ1) is 36.6. The topological polar surface area (TPSA) is 86.4 Å². The highest BCUT2D eigenvalue weighted by atomic mass is 32.2. The van der Waals surface area contributed by atoms with Crippen molar-refractivity contribution in [2.24, 2.45) is 0 Å². The summed E-state index contributed by atoms with van der Waals surface area (Å²) < 4.78 is 96.4. The Balaban J connectivity index is 1.41. The minimum absolute atomic E-state index is 0.00504. The Morgan fingerprint density at radius 1 is 0.904 bits per heavy atom. The second kappa shape index (κ2) is 14.5. The van der Waals surface area contributed by atoms with Gasteiger partial charge in [-0.05, 0) is 88.1 Å². The smallest absolute Gasteiger partial charge is 0.410 e. The van der Waals surface area contributed by atoms with Crippen LogP contribution in [0.25, 0.3) is 33.1 Å². The SMILES string of the molecule is Cc1ccccc1-c1c(F)c2c3cnn(S(=O)(=O)c4ccccc4)c3ccc2n1Cc1c(F)cc(CCN(CCCF)C(=O)OC(C)(C)C)cc1F. The summed E-state index contributed by atoms with van der Waals surface area (Å²) in [6.07, 6.45) is 0.781. The van der Waals surface area contributed by atoms with E-state index in [2.05, 4.69) is 5.10 Å². The number of benzene rings is 4. The normalized spacial score (nSPS) is 12.2. The highest BCUT2D eigenvalue weighted by Crippen LogP contribution is 2.39. The van der Waals surface area contributed by atoms with Crippen molar-refractivity contribution in [2.45, 2.75) is 57.6 Å². The Morgan fingerprint density at radius 3 is 2.21 bits per heavy atom. The third-order valence-corrected chi connectivity index (χ3v) is 10.4. The number of aryl methyl sites for hydroxylation is 1. The van der Waals surface area contributed by atoms with Crippen molar-refractivity contribution in [3.05, 3.63) is 119 Å². The third-order valence-electron chi connectivity index (χ3n) is 8.76. The molecule has 1 amide bonds. The molecule has 2 aromatic heterocycles. The largest absolute Gasteiger partial charge is 0.444 e. The van der Waals surface area contributed by atoms with Crippen LogP contribution in [0.15, 0.2) is 90.0 Å². The number of carbonyl (C=O) groups is 1. The van der Waals surface area contributed by atoms with E-state index in [1.54, 1.807) is 70.2 Å². The van der Waals surface area contributed by atoms with Crippen molar-refractivity contribution in [1.82, 2.24) is 18.7 Å². The molecule has 0 radical (unpaired) electrons. The number of amides is 1. The van der Waals surface area contributed by atoms with Gasteiger partial charge in [0.2, 0.25) is 0 Å². The van der Waals surface area contributed by atoms with Crippen LogP contribution >= 0.6 is 0 Å². The van der Waals surface area contributed by atoms with E-state index in [-0.39, 0.29) is 69.5 Å². The van der Waals surface area contributed by atoms with Gasteiger partial charge in [0.15, 0.2) is 5.82 Å². The van der Waals surface area contributed by atoms with Gasteiger partial charge in [0, 0.05) is 35.0 Å². The lowest BCUT2D eigenvalue weighted by Crippen LogP contribution is -2.38. The maximum atomic E-state index is 16.9. The van der Waals surface area contributed by atoms with E-state index in [4.69, 9.17) is 4.74 Å². The van der Waals surface area contributed by atoms with Crippen LogP contribution in [-0.2, 0) is 27.7 Å². The maximum absolute atomic E-state index is 16.9. The molecule has 0 saturated heterocycles. The molecule has 0 spiro atoms. The lowest BCUT2D eigenvalue weighted by atomic mass is 10.0. The molecular weight excluding hydrogens is 697 g/mol. The molecular formula is C39H38F4N4O4S. The van der Waals surface area contributed by atoms with E-state index >= 15 is 13.2 Å². The van der Waals surface area contributed by atoms with Gasteiger partial charge in [0.25, 0.3) is 10.0 Å². The van der Waals surface area contributed by atoms with Crippen molar-refractivity contribution < 1.29 is 35.5 Å². The summed E-state index contributed by atoms with van der Waals surface area (Å²) in [6, 6.07) is 20.1. The van der Waals surface area contributed by atoms with Gasteiger partial charge in [-0.2, -0.15) is 17.6 Å². The molecule has 6 rings (SSSR count). The highest BCUT2D eigenvalue weighted by molar-refractivity contribution is 7.90. The van der Waals surface area contributed by atoms with Crippen molar-refractivity contribution in [2.75, 3.05) is 19.8 Å². The molecule has 0 atom stereocenters. The van der Waals surface area contributed by atoms with Gasteiger partial charge in [-0.1, -0.05) is 42.5 Å². The molecule has 0 N–H and O–H groups in total. The Morgan fingerprint density at radius 2 is 1.56 bits per heavy atom. The summed E-state index contributed by atoms with van der Waals surface area (Å²) >= 11 is 0. The van der Waals surface area contributed by atoms with Gasteiger partial charge in [-0.25, -0.2) is 18.0 Å². The fourth-order valence-corrected chi connectivity index (χ4v) is 7.56. The van der Waals surface area contributed by atoms with Crippen molar-refractivity contribution in [3.63, 3.8) is 0 Å². The van der Waals surface area contributed by atoms with Crippen LogP contribution in [0.5, 0.6) is 0 Å². The lowest BCUT2D eigenvalue weighted by molar-refractivity contribution is 0.0247. The lowest BCUT2D eigenvalue weighted by Gasteiger charge is -2.27. The number of hydrogen-bond donors (Lipinski definition) is 0. The quantitative estimate of drug-likeness (QED) is 0.124. The number of rotatable bonds is 11. The summed E-state index contributed by atoms with van der Waals surface area (Å²) in [4.78, 5) is 14.0. The zero-order valence-electron chi connectivity index (χ0n) is 29.2. The molecule has 13 heteroatoms. The van der Waals surface area contributed by atoms with Crippen molar-refractivity contribution >= 4 is 37.9 Å². The Bertz CT molecular complexity index is 2360. The molecule has 272 valence electrons. The molecule has 0 aliphatic rings. The molecule has 0 fully saturated rings. The van der Waals surface area contributed by atoms with Crippen LogP contribution in [-0.4, -0.2) is 58.5 Å². The second-order valence-electron chi connectivity index (χ2n) is 13.6. The number of hydrogen-bond acceptors (Lipinski definition) is 5. The number of nitrogens with zero attached hydrogens (tertiary/aromatic N) is 4. The van der Waals surface area contributed by atoms with Crippen LogP contribution < -0.4 is 0 Å². The molecule has 4 aromatic carbocycles. The number of alkyl halides is 1. The first-order chi connectivity index (χ1) is 24.7. The fourth-order valence-electron chi connectivity index (χ4n) is 6.27. The molecule has 6 aromatic rings. The fraction of sp³-hybridized carbons (Fsp3) is 0.282. The first-order valence-corrected chi connectivity index (χ1v) is 18.2. The molecule has 52 heavy (non-hydrogen) atoms. The van der Waals surface area contributed by atoms with Crippen molar-refractivity contribution in [3.8, 4) is 11.3 Å². The number of aromatic nitrogens is 3. The first-order valence-electron chi connectivity index (χ1n) is 16.8.